The van der Waals surface area contributed by atoms with Crippen LogP contribution >= 0.6 is 11.6 Å². The van der Waals surface area contributed by atoms with Gasteiger partial charge in [0.15, 0.2) is 11.1 Å². The zero-order valence-electron chi connectivity index (χ0n) is 12.7. The van der Waals surface area contributed by atoms with E-state index in [9.17, 15) is 4.21 Å². The molecule has 5 heteroatoms. The van der Waals surface area contributed by atoms with Gasteiger partial charge in [-0.2, -0.15) is 0 Å². The zero-order valence-corrected chi connectivity index (χ0v) is 14.3. The van der Waals surface area contributed by atoms with E-state index in [2.05, 4.69) is 0 Å². The molecule has 3 rings (SSSR count). The lowest BCUT2D eigenvalue weighted by Gasteiger charge is -2.11. The van der Waals surface area contributed by atoms with Crippen LogP contribution in [0.5, 0.6) is 5.75 Å². The molecule has 0 fully saturated rings. The van der Waals surface area contributed by atoms with Crippen LogP contribution in [0.25, 0.3) is 11.1 Å². The van der Waals surface area contributed by atoms with Crippen LogP contribution in [0.4, 0.5) is 0 Å². The first-order chi connectivity index (χ1) is 11.1. The van der Waals surface area contributed by atoms with Crippen LogP contribution < -0.4 is 4.74 Å². The van der Waals surface area contributed by atoms with Crippen molar-refractivity contribution in [3.8, 4) is 5.75 Å². The second kappa shape index (κ2) is 6.87. The fraction of sp³-hybridized carbons (Fsp3) is 0.222. The molecule has 120 valence electrons. The van der Waals surface area contributed by atoms with Crippen LogP contribution in [0.1, 0.15) is 30.4 Å². The molecule has 0 heterocycles. The molecule has 1 N–H and O–H groups in total. The lowest BCUT2D eigenvalue weighted by Crippen LogP contribution is -1.91. The Kier molecular flexibility index (Phi) is 4.85. The summed E-state index contributed by atoms with van der Waals surface area (Å²) >= 11 is 4.31. The first-order valence-corrected chi connectivity index (χ1v) is 8.86. The van der Waals surface area contributed by atoms with Crippen molar-refractivity contribution in [2.24, 2.45) is 0 Å². The van der Waals surface area contributed by atoms with Crippen molar-refractivity contribution in [2.75, 3.05) is 7.11 Å². The van der Waals surface area contributed by atoms with Crippen molar-refractivity contribution in [3.05, 3.63) is 58.6 Å². The van der Waals surface area contributed by atoms with Gasteiger partial charge in [-0.05, 0) is 65.8 Å². The molecule has 3 nitrogen and oxygen atoms in total. The van der Waals surface area contributed by atoms with Gasteiger partial charge in [-0.1, -0.05) is 29.8 Å². The van der Waals surface area contributed by atoms with Gasteiger partial charge in [0.1, 0.15) is 5.75 Å². The Hall–Kier alpha value is -1.62. The summed E-state index contributed by atoms with van der Waals surface area (Å²) in [6.45, 7) is 0. The third-order valence-electron chi connectivity index (χ3n) is 4.12. The third kappa shape index (κ3) is 3.34. The van der Waals surface area contributed by atoms with E-state index >= 15 is 0 Å². The maximum absolute atomic E-state index is 11.1. The number of allylic oxidation sites excluding steroid dienone is 2. The summed E-state index contributed by atoms with van der Waals surface area (Å²) in [5.74, 6) is 0.672. The number of rotatable bonds is 4. The largest absolute Gasteiger partial charge is 0.495 e. The highest BCUT2D eigenvalue weighted by molar-refractivity contribution is 7.79. The van der Waals surface area contributed by atoms with E-state index in [1.165, 1.54) is 11.1 Å². The minimum Gasteiger partial charge on any atom is -0.495 e. The van der Waals surface area contributed by atoms with Crippen molar-refractivity contribution in [1.82, 2.24) is 0 Å². The van der Waals surface area contributed by atoms with Gasteiger partial charge in [0.25, 0.3) is 0 Å². The lowest BCUT2D eigenvalue weighted by molar-refractivity contribution is 0.415. The van der Waals surface area contributed by atoms with E-state index in [1.807, 2.05) is 30.3 Å². The van der Waals surface area contributed by atoms with Gasteiger partial charge in [-0.15, -0.1) is 0 Å². The van der Waals surface area contributed by atoms with Crippen LogP contribution in [0, 0.1) is 0 Å². The predicted molar refractivity (Wildman–Crippen MR) is 94.1 cm³/mol. The van der Waals surface area contributed by atoms with E-state index in [0.717, 1.165) is 30.4 Å². The maximum atomic E-state index is 11.1. The second-order valence-corrected chi connectivity index (χ2v) is 6.81. The van der Waals surface area contributed by atoms with Crippen LogP contribution in [0.15, 0.2) is 47.4 Å². The minimum absolute atomic E-state index is 0.418. The number of benzene rings is 2. The van der Waals surface area contributed by atoms with Crippen LogP contribution in [0.2, 0.25) is 5.02 Å². The van der Waals surface area contributed by atoms with E-state index in [0.29, 0.717) is 15.7 Å². The van der Waals surface area contributed by atoms with Gasteiger partial charge in [-0.3, -0.25) is 0 Å². The van der Waals surface area contributed by atoms with E-state index < -0.39 is 11.1 Å². The summed E-state index contributed by atoms with van der Waals surface area (Å²) in [5, 5.41) is 0.606. The number of methoxy groups -OCH3 is 1. The Morgan fingerprint density at radius 1 is 1.04 bits per heavy atom. The van der Waals surface area contributed by atoms with E-state index in [4.69, 9.17) is 20.9 Å². The fourth-order valence-corrected chi connectivity index (χ4v) is 3.63. The standard InChI is InChI=1S/C18H17ClO3S/c1-22-18-10-7-13(11-17(18)19)16-4-2-3-15(16)12-5-8-14(9-6-12)23(20)21/h5-11H,2-4H2,1H3,(H,20,21). The molecular formula is C18H17ClO3S. The quantitative estimate of drug-likeness (QED) is 0.789. The fourth-order valence-electron chi connectivity index (χ4n) is 3.01. The molecular weight excluding hydrogens is 332 g/mol. The van der Waals surface area contributed by atoms with Gasteiger partial charge in [0, 0.05) is 0 Å². The average molecular weight is 349 g/mol. The smallest absolute Gasteiger partial charge is 0.186 e. The summed E-state index contributed by atoms with van der Waals surface area (Å²) in [7, 11) is 1.60. The maximum Gasteiger partial charge on any atom is 0.186 e. The van der Waals surface area contributed by atoms with Gasteiger partial charge in [0.2, 0.25) is 0 Å². The Morgan fingerprint density at radius 3 is 2.22 bits per heavy atom. The Balaban J connectivity index is 2.01. The molecule has 23 heavy (non-hydrogen) atoms. The Morgan fingerprint density at radius 2 is 1.65 bits per heavy atom. The molecule has 0 aromatic heterocycles. The Labute approximate surface area is 143 Å². The number of hydrogen-bond donors (Lipinski definition) is 1. The van der Waals surface area contributed by atoms with Crippen molar-refractivity contribution in [1.29, 1.82) is 0 Å². The monoisotopic (exact) mass is 348 g/mol. The number of hydrogen-bond acceptors (Lipinski definition) is 2. The van der Waals surface area contributed by atoms with Gasteiger partial charge in [-0.25, -0.2) is 4.21 Å². The molecule has 0 saturated heterocycles. The van der Waals surface area contributed by atoms with Crippen molar-refractivity contribution < 1.29 is 13.5 Å². The van der Waals surface area contributed by atoms with E-state index in [1.54, 1.807) is 19.2 Å². The highest BCUT2D eigenvalue weighted by Crippen LogP contribution is 2.41. The van der Waals surface area contributed by atoms with Gasteiger partial charge >= 0.3 is 0 Å². The lowest BCUT2D eigenvalue weighted by atomic mass is 9.97. The highest BCUT2D eigenvalue weighted by Gasteiger charge is 2.18. The molecule has 0 aliphatic heterocycles. The minimum atomic E-state index is -1.94. The summed E-state index contributed by atoms with van der Waals surface area (Å²) in [4.78, 5) is 0.418. The molecule has 1 atom stereocenters. The van der Waals surface area contributed by atoms with Crippen LogP contribution in [-0.2, 0) is 11.1 Å². The summed E-state index contributed by atoms with van der Waals surface area (Å²) in [5.41, 5.74) is 4.77. The molecule has 1 unspecified atom stereocenters. The van der Waals surface area contributed by atoms with Crippen molar-refractivity contribution >= 4 is 33.8 Å². The molecule has 1 aliphatic carbocycles. The molecule has 0 bridgehead atoms. The second-order valence-electron chi connectivity index (χ2n) is 5.43. The number of ether oxygens (including phenoxy) is 1. The normalized spacial score (nSPS) is 15.8. The first-order valence-electron chi connectivity index (χ1n) is 7.37. The zero-order chi connectivity index (χ0) is 16.4. The van der Waals surface area contributed by atoms with Crippen LogP contribution in [0.3, 0.4) is 0 Å². The summed E-state index contributed by atoms with van der Waals surface area (Å²) < 4.78 is 25.4. The summed E-state index contributed by atoms with van der Waals surface area (Å²) in [6.07, 6.45) is 3.11. The molecule has 2 aromatic rings. The van der Waals surface area contributed by atoms with Crippen LogP contribution in [-0.4, -0.2) is 15.9 Å². The number of halogens is 1. The molecule has 1 aliphatic rings. The molecule has 0 saturated carbocycles. The highest BCUT2D eigenvalue weighted by atomic mass is 35.5. The first kappa shape index (κ1) is 16.2. The third-order valence-corrected chi connectivity index (χ3v) is 5.09. The van der Waals surface area contributed by atoms with E-state index in [-0.39, 0.29) is 0 Å². The molecule has 0 radical (unpaired) electrons. The summed E-state index contributed by atoms with van der Waals surface area (Å²) in [6, 6.07) is 13.1. The van der Waals surface area contributed by atoms with Gasteiger partial charge < -0.3 is 9.29 Å². The molecule has 0 spiro atoms. The Bertz CT molecular complexity index is 781. The van der Waals surface area contributed by atoms with Crippen molar-refractivity contribution in [2.45, 2.75) is 24.2 Å². The average Bonchev–Trinajstić information content (AvgIpc) is 3.04. The topological polar surface area (TPSA) is 46.5 Å². The van der Waals surface area contributed by atoms with Crippen molar-refractivity contribution in [3.63, 3.8) is 0 Å². The predicted octanol–water partition coefficient (Wildman–Crippen LogP) is 5.02. The van der Waals surface area contributed by atoms with Gasteiger partial charge in [0.05, 0.1) is 17.0 Å². The molecule has 2 aromatic carbocycles. The molecule has 0 amide bonds. The SMILES string of the molecule is COc1ccc(C2=C(c3ccc(S(=O)O)cc3)CCC2)cc1Cl.